The van der Waals surface area contributed by atoms with Crippen molar-refractivity contribution in [2.24, 2.45) is 5.73 Å². The Morgan fingerprint density at radius 1 is 1.47 bits per heavy atom. The van der Waals surface area contributed by atoms with E-state index in [2.05, 4.69) is 23.1 Å². The molecule has 6 heteroatoms. The zero-order valence-electron chi connectivity index (χ0n) is 8.07. The highest BCUT2D eigenvalue weighted by Gasteiger charge is 2.10. The molecule has 15 heavy (non-hydrogen) atoms. The second-order valence-corrected chi connectivity index (χ2v) is 3.40. The molecule has 0 fully saturated rings. The maximum absolute atomic E-state index is 11.4. The smallest absolute Gasteiger partial charge is 0.273 e. The molecular weight excluding hydrogens is 214 g/mol. The van der Waals surface area contributed by atoms with Crippen LogP contribution in [0.15, 0.2) is 18.2 Å². The first kappa shape index (κ1) is 11.3. The Morgan fingerprint density at radius 3 is 2.67 bits per heavy atom. The minimum atomic E-state index is -0.500. The maximum Gasteiger partial charge on any atom is 0.273 e. The van der Waals surface area contributed by atoms with E-state index >= 15 is 0 Å². The van der Waals surface area contributed by atoms with Gasteiger partial charge in [0.2, 0.25) is 0 Å². The average Bonchev–Trinajstić information content (AvgIpc) is 2.14. The van der Waals surface area contributed by atoms with E-state index in [-0.39, 0.29) is 16.4 Å². The van der Waals surface area contributed by atoms with Crippen molar-refractivity contribution in [3.05, 3.63) is 29.3 Å². The van der Waals surface area contributed by atoms with Crippen LogP contribution in [0, 0.1) is 6.92 Å². The number of thiocarbonyl (C=S) groups is 1. The molecule has 1 aromatic rings. The summed E-state index contributed by atoms with van der Waals surface area (Å²) in [6.45, 7) is 1.81. The summed E-state index contributed by atoms with van der Waals surface area (Å²) in [4.78, 5) is 11.4. The van der Waals surface area contributed by atoms with Crippen molar-refractivity contribution >= 4 is 23.2 Å². The van der Waals surface area contributed by atoms with Gasteiger partial charge in [-0.05, 0) is 36.8 Å². The van der Waals surface area contributed by atoms with Crippen molar-refractivity contribution in [2.45, 2.75) is 6.92 Å². The summed E-state index contributed by atoms with van der Waals surface area (Å²) in [5.74, 6) is -0.586. The van der Waals surface area contributed by atoms with Crippen LogP contribution in [0.4, 0.5) is 0 Å². The average molecular weight is 225 g/mol. The van der Waals surface area contributed by atoms with Crippen molar-refractivity contribution < 1.29 is 9.90 Å². The van der Waals surface area contributed by atoms with Gasteiger partial charge >= 0.3 is 0 Å². The molecule has 0 spiro atoms. The third-order valence-corrected chi connectivity index (χ3v) is 1.80. The van der Waals surface area contributed by atoms with E-state index in [9.17, 15) is 9.90 Å². The number of phenolic OH excluding ortho intramolecular Hbond substituents is 1. The first-order chi connectivity index (χ1) is 7.00. The zero-order valence-corrected chi connectivity index (χ0v) is 8.89. The zero-order chi connectivity index (χ0) is 11.4. The quantitative estimate of drug-likeness (QED) is 0.404. The predicted octanol–water partition coefficient (Wildman–Crippen LogP) is 0.179. The molecule has 5 nitrogen and oxygen atoms in total. The molecule has 0 atom stereocenters. The summed E-state index contributed by atoms with van der Waals surface area (Å²) in [6, 6.07) is 4.73. The van der Waals surface area contributed by atoms with Crippen molar-refractivity contribution in [3.8, 4) is 5.75 Å². The Balaban J connectivity index is 2.78. The highest BCUT2D eigenvalue weighted by Crippen LogP contribution is 2.17. The summed E-state index contributed by atoms with van der Waals surface area (Å²) in [7, 11) is 0. The molecule has 0 bridgehead atoms. The van der Waals surface area contributed by atoms with Gasteiger partial charge in [0.05, 0.1) is 5.56 Å². The molecule has 80 valence electrons. The lowest BCUT2D eigenvalue weighted by Gasteiger charge is -2.07. The highest BCUT2D eigenvalue weighted by molar-refractivity contribution is 7.80. The van der Waals surface area contributed by atoms with Gasteiger partial charge in [0, 0.05) is 0 Å². The molecule has 0 saturated carbocycles. The van der Waals surface area contributed by atoms with E-state index in [4.69, 9.17) is 5.73 Å². The number of hydrazine groups is 1. The van der Waals surface area contributed by atoms with Gasteiger partial charge in [-0.3, -0.25) is 15.6 Å². The number of aryl methyl sites for hydroxylation is 1. The molecule has 0 aromatic heterocycles. The van der Waals surface area contributed by atoms with E-state index in [0.717, 1.165) is 5.56 Å². The Bertz CT molecular complexity index is 406. The summed E-state index contributed by atoms with van der Waals surface area (Å²) >= 11 is 4.51. The van der Waals surface area contributed by atoms with Crippen LogP contribution in [0.2, 0.25) is 0 Å². The fourth-order valence-corrected chi connectivity index (χ4v) is 1.07. The number of nitrogens with one attached hydrogen (secondary N) is 2. The molecule has 0 aliphatic rings. The van der Waals surface area contributed by atoms with Crippen molar-refractivity contribution in [1.29, 1.82) is 0 Å². The van der Waals surface area contributed by atoms with E-state index in [0.29, 0.717) is 0 Å². The molecule has 0 saturated heterocycles. The van der Waals surface area contributed by atoms with Crippen molar-refractivity contribution in [2.75, 3.05) is 0 Å². The SMILES string of the molecule is Cc1ccc(C(=O)NNC(N)=S)c(O)c1. The van der Waals surface area contributed by atoms with Crippen molar-refractivity contribution in [1.82, 2.24) is 10.9 Å². The lowest BCUT2D eigenvalue weighted by Crippen LogP contribution is -2.44. The van der Waals surface area contributed by atoms with Crippen LogP contribution in [0.3, 0.4) is 0 Å². The number of benzene rings is 1. The second-order valence-electron chi connectivity index (χ2n) is 2.96. The van der Waals surface area contributed by atoms with Crippen molar-refractivity contribution in [3.63, 3.8) is 0 Å². The van der Waals surface area contributed by atoms with Crippen LogP contribution >= 0.6 is 12.2 Å². The lowest BCUT2D eigenvalue weighted by molar-refractivity contribution is 0.0941. The van der Waals surface area contributed by atoms with Gasteiger partial charge in [0.25, 0.3) is 5.91 Å². The number of hydrogen-bond acceptors (Lipinski definition) is 3. The van der Waals surface area contributed by atoms with Crippen LogP contribution in [0.25, 0.3) is 0 Å². The Kier molecular flexibility index (Phi) is 3.46. The minimum absolute atomic E-state index is 0.0463. The number of rotatable bonds is 1. The number of amides is 1. The molecule has 0 unspecified atom stereocenters. The van der Waals surface area contributed by atoms with Gasteiger partial charge in [-0.15, -0.1) is 0 Å². The number of phenols is 1. The number of carbonyl (C=O) groups is 1. The molecule has 0 aliphatic carbocycles. The Morgan fingerprint density at radius 2 is 2.13 bits per heavy atom. The third-order valence-electron chi connectivity index (χ3n) is 1.70. The summed E-state index contributed by atoms with van der Waals surface area (Å²) in [6.07, 6.45) is 0. The number of hydrogen-bond donors (Lipinski definition) is 4. The third kappa shape index (κ3) is 3.10. The topological polar surface area (TPSA) is 87.4 Å². The van der Waals surface area contributed by atoms with Crippen LogP contribution in [0.5, 0.6) is 5.75 Å². The molecule has 0 heterocycles. The number of nitrogens with two attached hydrogens (primary N) is 1. The van der Waals surface area contributed by atoms with Crippen LogP contribution in [-0.4, -0.2) is 16.1 Å². The summed E-state index contributed by atoms with van der Waals surface area (Å²) < 4.78 is 0. The van der Waals surface area contributed by atoms with E-state index in [1.807, 2.05) is 6.92 Å². The largest absolute Gasteiger partial charge is 0.507 e. The lowest BCUT2D eigenvalue weighted by atomic mass is 10.1. The predicted molar refractivity (Wildman–Crippen MR) is 60.2 cm³/mol. The van der Waals surface area contributed by atoms with Gasteiger partial charge < -0.3 is 10.8 Å². The van der Waals surface area contributed by atoms with Crippen LogP contribution in [0.1, 0.15) is 15.9 Å². The number of aromatic hydroxyl groups is 1. The molecular formula is C9H11N3O2S. The fourth-order valence-electron chi connectivity index (χ4n) is 1.02. The Labute approximate surface area is 92.3 Å². The normalized spacial score (nSPS) is 9.40. The summed E-state index contributed by atoms with van der Waals surface area (Å²) in [5.41, 5.74) is 10.7. The summed E-state index contributed by atoms with van der Waals surface area (Å²) in [5, 5.41) is 9.43. The van der Waals surface area contributed by atoms with Gasteiger partial charge in [-0.2, -0.15) is 0 Å². The van der Waals surface area contributed by atoms with Gasteiger partial charge in [0.1, 0.15) is 5.75 Å². The van der Waals surface area contributed by atoms with Gasteiger partial charge in [-0.25, -0.2) is 0 Å². The fraction of sp³-hybridized carbons (Fsp3) is 0.111. The molecule has 1 amide bonds. The highest BCUT2D eigenvalue weighted by atomic mass is 32.1. The standard InChI is InChI=1S/C9H11N3O2S/c1-5-2-3-6(7(13)4-5)8(14)11-12-9(10)15/h2-4,13H,1H3,(H,11,14)(H3,10,12,15). The molecule has 1 rings (SSSR count). The van der Waals surface area contributed by atoms with E-state index in [1.54, 1.807) is 6.07 Å². The molecule has 1 aromatic carbocycles. The minimum Gasteiger partial charge on any atom is -0.507 e. The van der Waals surface area contributed by atoms with E-state index < -0.39 is 5.91 Å². The molecule has 0 aliphatic heterocycles. The van der Waals surface area contributed by atoms with Gasteiger partial charge in [-0.1, -0.05) is 6.07 Å². The number of carbonyl (C=O) groups excluding carboxylic acids is 1. The van der Waals surface area contributed by atoms with Gasteiger partial charge in [0.15, 0.2) is 5.11 Å². The molecule has 5 N–H and O–H groups in total. The maximum atomic E-state index is 11.4. The monoisotopic (exact) mass is 225 g/mol. The second kappa shape index (κ2) is 4.61. The first-order valence-corrected chi connectivity index (χ1v) is 4.57. The van der Waals surface area contributed by atoms with E-state index in [1.165, 1.54) is 12.1 Å². The molecule has 0 radical (unpaired) electrons. The first-order valence-electron chi connectivity index (χ1n) is 4.16. The van der Waals surface area contributed by atoms with Crippen LogP contribution < -0.4 is 16.6 Å². The Hall–Kier alpha value is -1.82. The van der Waals surface area contributed by atoms with Crippen LogP contribution in [-0.2, 0) is 0 Å².